The number of aryl methyl sites for hydroxylation is 4. The zero-order chi connectivity index (χ0) is 25.7. The number of allylic oxidation sites excluding steroid dienone is 4. The molecular weight excluding hydrogens is 504 g/mol. The van der Waals surface area contributed by atoms with Crippen molar-refractivity contribution in [3.8, 4) is 0 Å². The second-order valence-electron chi connectivity index (χ2n) is 9.93. The molecule has 3 aromatic heterocycles. The van der Waals surface area contributed by atoms with Gasteiger partial charge in [-0.3, -0.25) is 0 Å². The van der Waals surface area contributed by atoms with Gasteiger partial charge in [-0.1, -0.05) is 74.2 Å². The summed E-state index contributed by atoms with van der Waals surface area (Å²) in [6.45, 7) is 17.6. The predicted molar refractivity (Wildman–Crippen MR) is 153 cm³/mol. The Labute approximate surface area is 231 Å². The Hall–Kier alpha value is -2.88. The molecule has 5 heterocycles. The summed E-state index contributed by atoms with van der Waals surface area (Å²) in [6.07, 6.45) is 3.74. The van der Waals surface area contributed by atoms with Crippen LogP contribution in [0.1, 0.15) is 99.4 Å². The molecule has 2 aliphatic heterocycles. The fourth-order valence-corrected chi connectivity index (χ4v) is 5.85. The molecule has 2 aliphatic rings. The van der Waals surface area contributed by atoms with Gasteiger partial charge in [0.2, 0.25) is 0 Å². The van der Waals surface area contributed by atoms with Gasteiger partial charge in [-0.05, 0) is 75.7 Å². The van der Waals surface area contributed by atoms with E-state index in [1.807, 2.05) is 0 Å². The first-order valence-corrected chi connectivity index (χ1v) is 13.3. The van der Waals surface area contributed by atoms with Gasteiger partial charge in [0.1, 0.15) is 0 Å². The number of fused-ring (bicyclic) bond motifs is 8. The van der Waals surface area contributed by atoms with Crippen LogP contribution in [-0.2, 0) is 29.9 Å². The largest absolute Gasteiger partial charge is 2.00 e. The Morgan fingerprint density at radius 3 is 1.24 bits per heavy atom. The molecule has 0 N–H and O–H groups in total. The van der Waals surface area contributed by atoms with Crippen molar-refractivity contribution in [2.75, 3.05) is 0 Å². The molecule has 5 heteroatoms. The molecule has 0 spiro atoms. The molecule has 1 radical (unpaired) electrons. The SMILES string of the molecule is CCC1=C(C)c2cc3[n-]c(cc4nc(cc5[n-]c(cc1n2)c(C)c5CC)C(CC)=C4C)c(C)c3CC.[Cu+2]. The normalized spacial score (nSPS) is 13.4. The van der Waals surface area contributed by atoms with Crippen LogP contribution < -0.4 is 9.97 Å². The molecule has 195 valence electrons. The first-order chi connectivity index (χ1) is 17.3. The van der Waals surface area contributed by atoms with Crippen molar-refractivity contribution >= 4 is 44.4 Å². The molecular formula is C32H36CuN4. The molecule has 5 rings (SSSR count). The zero-order valence-corrected chi connectivity index (χ0v) is 24.2. The average molecular weight is 540 g/mol. The van der Waals surface area contributed by atoms with E-state index in [2.05, 4.69) is 79.7 Å². The Balaban J connectivity index is 0.00000320. The molecule has 37 heavy (non-hydrogen) atoms. The Morgan fingerprint density at radius 2 is 0.865 bits per heavy atom. The van der Waals surface area contributed by atoms with E-state index >= 15 is 0 Å². The van der Waals surface area contributed by atoms with Gasteiger partial charge < -0.3 is 9.97 Å². The monoisotopic (exact) mass is 539 g/mol. The van der Waals surface area contributed by atoms with Crippen molar-refractivity contribution in [1.29, 1.82) is 0 Å². The van der Waals surface area contributed by atoms with Crippen molar-refractivity contribution in [1.82, 2.24) is 19.9 Å². The molecule has 4 nitrogen and oxygen atoms in total. The van der Waals surface area contributed by atoms with Crippen LogP contribution in [0.25, 0.3) is 44.4 Å². The molecule has 0 atom stereocenters. The third kappa shape index (κ3) is 4.43. The van der Waals surface area contributed by atoms with Crippen LogP contribution in [-0.4, -0.2) is 9.97 Å². The second kappa shape index (κ2) is 10.5. The molecule has 0 aliphatic carbocycles. The maximum absolute atomic E-state index is 5.12. The molecule has 8 bridgehead atoms. The van der Waals surface area contributed by atoms with E-state index in [1.54, 1.807) is 0 Å². The van der Waals surface area contributed by atoms with Crippen LogP contribution in [0.3, 0.4) is 0 Å². The topological polar surface area (TPSA) is 54.0 Å². The number of hydrogen-bond acceptors (Lipinski definition) is 2. The number of rotatable bonds is 4. The van der Waals surface area contributed by atoms with E-state index < -0.39 is 0 Å². The minimum absolute atomic E-state index is 0. The van der Waals surface area contributed by atoms with Crippen molar-refractivity contribution in [2.24, 2.45) is 0 Å². The predicted octanol–water partition coefficient (Wildman–Crippen LogP) is 7.99. The standard InChI is InChI=1S/C32H36N4.Cu/c1-9-21-17(5)25-13-26-18(6)23(11-3)31(34-26)16-32-24(12-4)20(8)28(36-32)15-30-22(10-2)19(7)27(35-30)14-29(21)33-25;/h13-16H,9-12H2,1-8H3;/q-2;+2. The fourth-order valence-electron chi connectivity index (χ4n) is 5.85. The van der Waals surface area contributed by atoms with Gasteiger partial charge in [0.05, 0.1) is 22.8 Å². The molecule has 3 aromatic rings. The average Bonchev–Trinajstić information content (AvgIpc) is 3.51. The first-order valence-electron chi connectivity index (χ1n) is 13.3. The summed E-state index contributed by atoms with van der Waals surface area (Å²) in [6, 6.07) is 8.72. The summed E-state index contributed by atoms with van der Waals surface area (Å²) in [5.41, 5.74) is 18.2. The van der Waals surface area contributed by atoms with Gasteiger partial charge >= 0.3 is 17.1 Å². The van der Waals surface area contributed by atoms with Crippen molar-refractivity contribution in [3.05, 3.63) is 69.3 Å². The number of hydrogen-bond donors (Lipinski definition) is 0. The van der Waals surface area contributed by atoms with Gasteiger partial charge in [0, 0.05) is 0 Å². The van der Waals surface area contributed by atoms with Crippen molar-refractivity contribution in [2.45, 2.75) is 81.1 Å². The van der Waals surface area contributed by atoms with Crippen molar-refractivity contribution < 1.29 is 17.1 Å². The molecule has 0 fully saturated rings. The Kier molecular flexibility index (Phi) is 7.69. The molecule has 0 amide bonds. The maximum Gasteiger partial charge on any atom is 2.00 e. The first kappa shape index (κ1) is 27.2. The minimum Gasteiger partial charge on any atom is -0.657 e. The van der Waals surface area contributed by atoms with Gasteiger partial charge in [0.15, 0.2) is 0 Å². The van der Waals surface area contributed by atoms with E-state index in [9.17, 15) is 0 Å². The quantitative estimate of drug-likeness (QED) is 0.315. The minimum atomic E-state index is 0. The van der Waals surface area contributed by atoms with E-state index in [0.29, 0.717) is 0 Å². The van der Waals surface area contributed by atoms with Crippen LogP contribution in [0.4, 0.5) is 0 Å². The van der Waals surface area contributed by atoms with E-state index in [1.165, 1.54) is 44.5 Å². The van der Waals surface area contributed by atoms with Gasteiger partial charge in [-0.2, -0.15) is 0 Å². The van der Waals surface area contributed by atoms with Crippen LogP contribution in [0, 0.1) is 13.8 Å². The summed E-state index contributed by atoms with van der Waals surface area (Å²) in [5, 5.41) is 0. The molecule has 0 unspecified atom stereocenters. The summed E-state index contributed by atoms with van der Waals surface area (Å²) in [7, 11) is 0. The summed E-state index contributed by atoms with van der Waals surface area (Å²) in [5.74, 6) is 0. The summed E-state index contributed by atoms with van der Waals surface area (Å²) >= 11 is 0. The third-order valence-corrected chi connectivity index (χ3v) is 8.06. The van der Waals surface area contributed by atoms with Crippen LogP contribution in [0.15, 0.2) is 24.3 Å². The van der Waals surface area contributed by atoms with Gasteiger partial charge in [0.25, 0.3) is 0 Å². The van der Waals surface area contributed by atoms with Gasteiger partial charge in [-0.15, -0.1) is 22.1 Å². The fraction of sp³-hybridized carbons (Fsp3) is 0.375. The zero-order valence-electron chi connectivity index (χ0n) is 23.2. The van der Waals surface area contributed by atoms with Crippen molar-refractivity contribution in [3.63, 3.8) is 0 Å². The Morgan fingerprint density at radius 1 is 0.514 bits per heavy atom. The van der Waals surface area contributed by atoms with E-state index in [-0.39, 0.29) is 17.1 Å². The second-order valence-corrected chi connectivity index (χ2v) is 9.93. The van der Waals surface area contributed by atoms with Gasteiger partial charge in [-0.25, -0.2) is 9.97 Å². The van der Waals surface area contributed by atoms with E-state index in [0.717, 1.165) is 70.5 Å². The number of aromatic nitrogens is 4. The maximum atomic E-state index is 5.12. The number of nitrogens with zero attached hydrogens (tertiary/aromatic N) is 4. The summed E-state index contributed by atoms with van der Waals surface area (Å²) in [4.78, 5) is 20.4. The molecule has 0 saturated heterocycles. The van der Waals surface area contributed by atoms with Crippen LogP contribution in [0.2, 0.25) is 0 Å². The van der Waals surface area contributed by atoms with Crippen LogP contribution in [0.5, 0.6) is 0 Å². The smallest absolute Gasteiger partial charge is 0.657 e. The van der Waals surface area contributed by atoms with E-state index in [4.69, 9.17) is 19.9 Å². The third-order valence-electron chi connectivity index (χ3n) is 8.06. The summed E-state index contributed by atoms with van der Waals surface area (Å²) < 4.78 is 0. The molecule has 0 aromatic carbocycles. The molecule has 0 saturated carbocycles. The van der Waals surface area contributed by atoms with Crippen LogP contribution >= 0.6 is 0 Å². The Bertz CT molecular complexity index is 1610.